The third kappa shape index (κ3) is 5.90. The summed E-state index contributed by atoms with van der Waals surface area (Å²) < 4.78 is 5.16. The summed E-state index contributed by atoms with van der Waals surface area (Å²) in [5, 5.41) is 10.3. The molecule has 0 aliphatic heterocycles. The molecule has 0 atom stereocenters. The van der Waals surface area contributed by atoms with Crippen LogP contribution < -0.4 is 10.6 Å². The number of halogens is 1. The van der Waals surface area contributed by atoms with E-state index in [9.17, 15) is 0 Å². The van der Waals surface area contributed by atoms with Crippen LogP contribution in [0.5, 0.6) is 0 Å². The van der Waals surface area contributed by atoms with Gasteiger partial charge in [-0.05, 0) is 20.3 Å². The number of aromatic nitrogens is 1. The lowest BCUT2D eigenvalue weighted by molar-refractivity contribution is 0.374. The van der Waals surface area contributed by atoms with Crippen LogP contribution in [0.3, 0.4) is 0 Å². The van der Waals surface area contributed by atoms with Gasteiger partial charge in [-0.3, -0.25) is 4.99 Å². The first-order chi connectivity index (χ1) is 7.65. The van der Waals surface area contributed by atoms with Crippen LogP contribution >= 0.6 is 24.0 Å². The number of aliphatic imine (C=N–C) groups is 1. The Balaban J connectivity index is 0.00000256. The molecule has 0 amide bonds. The van der Waals surface area contributed by atoms with Gasteiger partial charge in [-0.25, -0.2) is 0 Å². The molecule has 0 fully saturated rings. The van der Waals surface area contributed by atoms with Gasteiger partial charge in [0.15, 0.2) is 11.7 Å². The van der Waals surface area contributed by atoms with E-state index in [1.54, 1.807) is 7.05 Å². The predicted molar refractivity (Wildman–Crippen MR) is 79.8 cm³/mol. The zero-order valence-electron chi connectivity index (χ0n) is 10.8. The maximum absolute atomic E-state index is 5.16. The minimum Gasteiger partial charge on any atom is -0.359 e. The molecule has 0 saturated heterocycles. The van der Waals surface area contributed by atoms with Gasteiger partial charge in [0.05, 0.1) is 12.2 Å². The zero-order chi connectivity index (χ0) is 12.0. The van der Waals surface area contributed by atoms with E-state index in [1.165, 1.54) is 0 Å². The molecule has 6 heteroatoms. The van der Waals surface area contributed by atoms with Crippen LogP contribution in [0.1, 0.15) is 32.2 Å². The molecule has 1 heterocycles. The van der Waals surface area contributed by atoms with Gasteiger partial charge in [0.2, 0.25) is 0 Å². The Hall–Kier alpha value is -0.790. The van der Waals surface area contributed by atoms with E-state index in [2.05, 4.69) is 34.6 Å². The first-order valence-corrected chi connectivity index (χ1v) is 5.57. The summed E-state index contributed by atoms with van der Waals surface area (Å²) in [6.45, 7) is 6.78. The molecular formula is C11H21IN4O. The molecule has 98 valence electrons. The van der Waals surface area contributed by atoms with E-state index in [4.69, 9.17) is 4.52 Å². The van der Waals surface area contributed by atoms with E-state index in [1.807, 2.05) is 13.0 Å². The topological polar surface area (TPSA) is 62.5 Å². The van der Waals surface area contributed by atoms with Crippen LogP contribution in [-0.2, 0) is 13.0 Å². The van der Waals surface area contributed by atoms with E-state index < -0.39 is 0 Å². The SMILES string of the molecule is CCc1cc(CNC(=NC)NC(C)C)on1.I. The highest BCUT2D eigenvalue weighted by Gasteiger charge is 2.04. The lowest BCUT2D eigenvalue weighted by atomic mass is 10.3. The molecule has 2 N–H and O–H groups in total. The number of rotatable bonds is 4. The highest BCUT2D eigenvalue weighted by Crippen LogP contribution is 2.03. The molecule has 0 unspecified atom stereocenters. The number of guanidine groups is 1. The lowest BCUT2D eigenvalue weighted by Gasteiger charge is -2.13. The summed E-state index contributed by atoms with van der Waals surface area (Å²) in [7, 11) is 1.75. The van der Waals surface area contributed by atoms with Crippen molar-refractivity contribution in [2.45, 2.75) is 39.8 Å². The van der Waals surface area contributed by atoms with Gasteiger partial charge in [-0.1, -0.05) is 12.1 Å². The molecule has 0 spiro atoms. The first-order valence-electron chi connectivity index (χ1n) is 5.57. The number of nitrogens with zero attached hydrogens (tertiary/aromatic N) is 2. The minimum atomic E-state index is 0. The molecule has 17 heavy (non-hydrogen) atoms. The molecule has 0 radical (unpaired) electrons. The van der Waals surface area contributed by atoms with Gasteiger partial charge in [-0.15, -0.1) is 24.0 Å². The van der Waals surface area contributed by atoms with Crippen molar-refractivity contribution in [2.24, 2.45) is 4.99 Å². The highest BCUT2D eigenvalue weighted by molar-refractivity contribution is 14.0. The van der Waals surface area contributed by atoms with Crippen LogP contribution in [0.15, 0.2) is 15.6 Å². The maximum atomic E-state index is 5.16. The molecule has 0 aromatic carbocycles. The van der Waals surface area contributed by atoms with E-state index >= 15 is 0 Å². The fraction of sp³-hybridized carbons (Fsp3) is 0.636. The Labute approximate surface area is 119 Å². The minimum absolute atomic E-state index is 0. The van der Waals surface area contributed by atoms with Crippen molar-refractivity contribution in [3.8, 4) is 0 Å². The zero-order valence-corrected chi connectivity index (χ0v) is 13.1. The molecule has 1 aromatic heterocycles. The van der Waals surface area contributed by atoms with Gasteiger partial charge in [-0.2, -0.15) is 0 Å². The summed E-state index contributed by atoms with van der Waals surface area (Å²) >= 11 is 0. The van der Waals surface area contributed by atoms with Crippen molar-refractivity contribution in [3.63, 3.8) is 0 Å². The molecule has 5 nitrogen and oxygen atoms in total. The lowest BCUT2D eigenvalue weighted by Crippen LogP contribution is -2.40. The van der Waals surface area contributed by atoms with Crippen LogP contribution in [-0.4, -0.2) is 24.2 Å². The van der Waals surface area contributed by atoms with E-state index in [0.717, 1.165) is 23.8 Å². The quantitative estimate of drug-likeness (QED) is 0.494. The molecule has 0 bridgehead atoms. The van der Waals surface area contributed by atoms with Crippen LogP contribution in [0, 0.1) is 0 Å². The van der Waals surface area contributed by atoms with E-state index in [0.29, 0.717) is 12.6 Å². The number of hydrogen-bond acceptors (Lipinski definition) is 3. The summed E-state index contributed by atoms with van der Waals surface area (Å²) in [5.41, 5.74) is 0.976. The van der Waals surface area contributed by atoms with Gasteiger partial charge in [0.1, 0.15) is 0 Å². The molecule has 1 rings (SSSR count). The Morgan fingerprint density at radius 3 is 2.71 bits per heavy atom. The van der Waals surface area contributed by atoms with Gasteiger partial charge in [0.25, 0.3) is 0 Å². The third-order valence-corrected chi connectivity index (χ3v) is 2.05. The second kappa shape index (κ2) is 8.32. The van der Waals surface area contributed by atoms with Crippen molar-refractivity contribution in [2.75, 3.05) is 7.05 Å². The molecule has 0 aliphatic rings. The van der Waals surface area contributed by atoms with Crippen molar-refractivity contribution < 1.29 is 4.52 Å². The van der Waals surface area contributed by atoms with Crippen molar-refractivity contribution in [1.82, 2.24) is 15.8 Å². The number of aryl methyl sites for hydroxylation is 1. The Morgan fingerprint density at radius 1 is 1.53 bits per heavy atom. The third-order valence-electron chi connectivity index (χ3n) is 2.05. The van der Waals surface area contributed by atoms with Crippen LogP contribution in [0.4, 0.5) is 0 Å². The van der Waals surface area contributed by atoms with Crippen molar-refractivity contribution in [3.05, 3.63) is 17.5 Å². The smallest absolute Gasteiger partial charge is 0.191 e. The van der Waals surface area contributed by atoms with E-state index in [-0.39, 0.29) is 24.0 Å². The highest BCUT2D eigenvalue weighted by atomic mass is 127. The summed E-state index contributed by atoms with van der Waals surface area (Å²) in [6.07, 6.45) is 0.891. The second-order valence-electron chi connectivity index (χ2n) is 3.86. The van der Waals surface area contributed by atoms with Gasteiger partial charge >= 0.3 is 0 Å². The monoisotopic (exact) mass is 352 g/mol. The van der Waals surface area contributed by atoms with Gasteiger partial charge < -0.3 is 15.2 Å². The summed E-state index contributed by atoms with van der Waals surface area (Å²) in [4.78, 5) is 4.10. The number of nitrogens with one attached hydrogen (secondary N) is 2. The molecule has 0 aliphatic carbocycles. The summed E-state index contributed by atoms with van der Waals surface area (Å²) in [6, 6.07) is 2.31. The molecule has 1 aromatic rings. The fourth-order valence-corrected chi connectivity index (χ4v) is 1.24. The van der Waals surface area contributed by atoms with Crippen molar-refractivity contribution >= 4 is 29.9 Å². The van der Waals surface area contributed by atoms with Gasteiger partial charge in [0, 0.05) is 19.2 Å². The Kier molecular flexibility index (Phi) is 7.94. The maximum Gasteiger partial charge on any atom is 0.191 e. The normalized spacial score (nSPS) is 11.2. The van der Waals surface area contributed by atoms with Crippen LogP contribution in [0.2, 0.25) is 0 Å². The average molecular weight is 352 g/mol. The summed E-state index contributed by atoms with van der Waals surface area (Å²) in [5.74, 6) is 1.59. The average Bonchev–Trinajstić information content (AvgIpc) is 2.71. The predicted octanol–water partition coefficient (Wildman–Crippen LogP) is 1.93. The molecular weight excluding hydrogens is 331 g/mol. The largest absolute Gasteiger partial charge is 0.359 e. The van der Waals surface area contributed by atoms with Crippen LogP contribution in [0.25, 0.3) is 0 Å². The van der Waals surface area contributed by atoms with Crippen molar-refractivity contribution in [1.29, 1.82) is 0 Å². The first kappa shape index (κ1) is 16.2. The number of hydrogen-bond donors (Lipinski definition) is 2. The Bertz CT molecular complexity index is 349. The fourth-order valence-electron chi connectivity index (χ4n) is 1.24. The molecule has 0 saturated carbocycles. The Morgan fingerprint density at radius 2 is 2.24 bits per heavy atom. The second-order valence-corrected chi connectivity index (χ2v) is 3.86. The standard InChI is InChI=1S/C11H20N4O.HI/c1-5-9-6-10(16-15-9)7-13-11(12-4)14-8(2)3;/h6,8H,5,7H2,1-4H3,(H2,12,13,14);1H.